The predicted molar refractivity (Wildman–Crippen MR) is 43.0 cm³/mol. The minimum atomic E-state index is 0.511. The van der Waals surface area contributed by atoms with Crippen LogP contribution in [0.2, 0.25) is 0 Å². The molecule has 0 N–H and O–H groups in total. The predicted octanol–water partition coefficient (Wildman–Crippen LogP) is 0.107. The van der Waals surface area contributed by atoms with Gasteiger partial charge in [0.25, 0.3) is 0 Å². The summed E-state index contributed by atoms with van der Waals surface area (Å²) < 4.78 is 0. The van der Waals surface area contributed by atoms with Crippen molar-refractivity contribution < 1.29 is 0 Å². The summed E-state index contributed by atoms with van der Waals surface area (Å²) >= 11 is 0. The van der Waals surface area contributed by atoms with E-state index in [9.17, 15) is 0 Å². The second kappa shape index (κ2) is 1.92. The number of rotatable bonds is 0. The van der Waals surface area contributed by atoms with E-state index in [1.807, 2.05) is 0 Å². The van der Waals surface area contributed by atoms with Crippen LogP contribution in [0.3, 0.4) is 0 Å². The van der Waals surface area contributed by atoms with Crippen molar-refractivity contribution in [3.63, 3.8) is 0 Å². The van der Waals surface area contributed by atoms with Gasteiger partial charge in [0.1, 0.15) is 0 Å². The van der Waals surface area contributed by atoms with Gasteiger partial charge in [0.05, 0.1) is 0 Å². The van der Waals surface area contributed by atoms with E-state index < -0.39 is 0 Å². The molecule has 0 aromatic heterocycles. The lowest BCUT2D eigenvalue weighted by Crippen LogP contribution is -2.05. The fourth-order valence-electron chi connectivity index (χ4n) is 1.20. The van der Waals surface area contributed by atoms with Crippen LogP contribution in [-0.4, -0.2) is 14.8 Å². The van der Waals surface area contributed by atoms with Gasteiger partial charge in [-0.05, 0) is 17.2 Å². The van der Waals surface area contributed by atoms with Crippen LogP contribution in [0.4, 0.5) is 0 Å². The molecule has 1 aliphatic heterocycles. The first-order valence-corrected chi connectivity index (χ1v) is 4.46. The summed E-state index contributed by atoms with van der Waals surface area (Å²) in [6.45, 7) is 0. The van der Waals surface area contributed by atoms with Crippen LogP contribution in [0, 0.1) is 0 Å². The van der Waals surface area contributed by atoms with Crippen LogP contribution in [-0.2, 0) is 6.42 Å². The molecule has 0 saturated heterocycles. The van der Waals surface area contributed by atoms with E-state index in [1.165, 1.54) is 6.42 Å². The van der Waals surface area contributed by atoms with Gasteiger partial charge in [0.15, 0.2) is 0 Å². The zero-order valence-electron chi connectivity index (χ0n) is 5.17. The highest BCUT2D eigenvalue weighted by Crippen LogP contribution is 1.97. The molecule has 1 aromatic rings. The van der Waals surface area contributed by atoms with Crippen molar-refractivity contribution in [1.82, 2.24) is 0 Å². The number of hydrogen-bond donors (Lipinski definition) is 0. The second-order valence-electron chi connectivity index (χ2n) is 2.31. The Bertz CT molecular complexity index is 250. The Balaban J connectivity index is 2.63. The summed E-state index contributed by atoms with van der Waals surface area (Å²) in [4.78, 5) is 0. The molecule has 0 saturated carbocycles. The third-order valence-corrected chi connectivity index (χ3v) is 3.08. The maximum atomic E-state index is 2.41. The topological polar surface area (TPSA) is 0 Å². The minimum Gasteiger partial charge on any atom is -0.0977 e. The molecule has 1 aromatic carbocycles. The molecule has 0 aliphatic carbocycles. The van der Waals surface area contributed by atoms with Gasteiger partial charge in [0.2, 0.25) is 0 Å². The first-order chi connectivity index (χ1) is 4.47. The zero-order valence-corrected chi connectivity index (χ0v) is 6.33. The van der Waals surface area contributed by atoms with E-state index in [0.717, 1.165) is 0 Å². The second-order valence-corrected chi connectivity index (χ2v) is 3.73. The Hall–Kier alpha value is -0.693. The van der Waals surface area contributed by atoms with Crippen molar-refractivity contribution >= 4 is 20.0 Å². The molecule has 0 atom stereocenters. The van der Waals surface area contributed by atoms with Crippen molar-refractivity contribution in [2.45, 2.75) is 6.42 Å². The number of benzene rings is 1. The molecule has 1 heteroatoms. The Morgan fingerprint density at radius 1 is 1.22 bits per heavy atom. The third kappa shape index (κ3) is 0.774. The lowest BCUT2D eigenvalue weighted by molar-refractivity contribution is 1.43. The smallest absolute Gasteiger partial charge is 0.0258 e. The van der Waals surface area contributed by atoms with Crippen LogP contribution in [0.5, 0.6) is 0 Å². The zero-order chi connectivity index (χ0) is 6.10. The average Bonchev–Trinajstić information content (AvgIpc) is 2.33. The van der Waals surface area contributed by atoms with E-state index in [1.54, 1.807) is 10.8 Å². The molecule has 0 bridgehead atoms. The van der Waals surface area contributed by atoms with Crippen molar-refractivity contribution in [1.29, 1.82) is 0 Å². The normalized spacial score (nSPS) is 13.8. The van der Waals surface area contributed by atoms with Gasteiger partial charge >= 0.3 is 0 Å². The van der Waals surface area contributed by atoms with Gasteiger partial charge in [-0.1, -0.05) is 29.9 Å². The summed E-state index contributed by atoms with van der Waals surface area (Å²) in [6, 6.07) is 8.72. The fourth-order valence-corrected chi connectivity index (χ4v) is 2.47. The van der Waals surface area contributed by atoms with Crippen LogP contribution in [0.1, 0.15) is 5.56 Å². The molecule has 0 amide bonds. The van der Waals surface area contributed by atoms with Gasteiger partial charge in [-0.15, -0.1) is 0 Å². The molecular formula is C8H8Si. The summed E-state index contributed by atoms with van der Waals surface area (Å²) in [6.07, 6.45) is 1.21. The molecule has 0 unspecified atom stereocenters. The van der Waals surface area contributed by atoms with E-state index >= 15 is 0 Å². The molecule has 1 heterocycles. The number of hydrogen-bond acceptors (Lipinski definition) is 0. The third-order valence-electron chi connectivity index (χ3n) is 1.69. The van der Waals surface area contributed by atoms with Crippen molar-refractivity contribution in [2.24, 2.45) is 0 Å². The lowest BCUT2D eigenvalue weighted by Gasteiger charge is -1.93. The van der Waals surface area contributed by atoms with Gasteiger partial charge in [-0.25, -0.2) is 0 Å². The minimum absolute atomic E-state index is 0.511. The van der Waals surface area contributed by atoms with Gasteiger partial charge < -0.3 is 0 Å². The van der Waals surface area contributed by atoms with Crippen molar-refractivity contribution in [3.8, 4) is 0 Å². The monoisotopic (exact) mass is 132 g/mol. The number of fused-ring (bicyclic) bond motifs is 1. The highest BCUT2D eigenvalue weighted by atomic mass is 28.2. The first kappa shape index (κ1) is 5.12. The first-order valence-electron chi connectivity index (χ1n) is 3.21. The molecular weight excluding hydrogens is 124 g/mol. The summed E-state index contributed by atoms with van der Waals surface area (Å²) in [7, 11) is 0.511. The highest BCUT2D eigenvalue weighted by molar-refractivity contribution is 6.63. The van der Waals surface area contributed by atoms with Gasteiger partial charge in [-0.3, -0.25) is 0 Å². The maximum absolute atomic E-state index is 2.41. The molecule has 0 fully saturated rings. The SMILES string of the molecule is C1=[SiH]c2ccccc2C1. The van der Waals surface area contributed by atoms with Crippen LogP contribution in [0.25, 0.3) is 0 Å². The highest BCUT2D eigenvalue weighted by Gasteiger charge is 2.00. The summed E-state index contributed by atoms with van der Waals surface area (Å²) in [5, 5.41) is 1.59. The molecule has 0 radical (unpaired) electrons. The quantitative estimate of drug-likeness (QED) is 0.439. The molecule has 1 aliphatic rings. The van der Waals surface area contributed by atoms with Crippen LogP contribution < -0.4 is 5.19 Å². The van der Waals surface area contributed by atoms with Crippen molar-refractivity contribution in [2.75, 3.05) is 0 Å². The summed E-state index contributed by atoms with van der Waals surface area (Å²) in [5.74, 6) is 0. The largest absolute Gasteiger partial charge is 0.0977 e. The molecule has 0 spiro atoms. The molecule has 2 rings (SSSR count). The lowest BCUT2D eigenvalue weighted by atomic mass is 10.2. The molecule has 44 valence electrons. The van der Waals surface area contributed by atoms with Crippen molar-refractivity contribution in [3.05, 3.63) is 29.8 Å². The van der Waals surface area contributed by atoms with E-state index in [0.29, 0.717) is 9.13 Å². The van der Waals surface area contributed by atoms with Gasteiger partial charge in [0, 0.05) is 9.13 Å². The molecule has 9 heavy (non-hydrogen) atoms. The standard InChI is InChI=1S/C8H8Si/c1-2-4-8-7(3-1)5-6-9-8/h1-4,6,9H,5H2. The maximum Gasteiger partial charge on any atom is 0.0258 e. The Kier molecular flexibility index (Phi) is 1.09. The Morgan fingerprint density at radius 2 is 2.11 bits per heavy atom. The fraction of sp³-hybridized carbons (Fsp3) is 0.125. The van der Waals surface area contributed by atoms with Gasteiger partial charge in [-0.2, -0.15) is 0 Å². The Labute approximate surface area is 57.0 Å². The van der Waals surface area contributed by atoms with E-state index in [4.69, 9.17) is 0 Å². The molecule has 0 nitrogen and oxygen atoms in total. The van der Waals surface area contributed by atoms with E-state index in [2.05, 4.69) is 29.9 Å². The van der Waals surface area contributed by atoms with E-state index in [-0.39, 0.29) is 0 Å². The average molecular weight is 132 g/mol. The Morgan fingerprint density at radius 3 is 3.00 bits per heavy atom. The van der Waals surface area contributed by atoms with Crippen LogP contribution in [0.15, 0.2) is 24.3 Å². The van der Waals surface area contributed by atoms with Crippen LogP contribution >= 0.6 is 0 Å². The summed E-state index contributed by atoms with van der Waals surface area (Å²) in [5.41, 5.74) is 3.96.